The summed E-state index contributed by atoms with van der Waals surface area (Å²) in [4.78, 5) is 26.3. The van der Waals surface area contributed by atoms with Gasteiger partial charge in [0.05, 0.1) is 5.56 Å². The molecule has 0 spiro atoms. The summed E-state index contributed by atoms with van der Waals surface area (Å²) in [5.74, 6) is -0.446. The maximum atomic E-state index is 12.5. The van der Waals surface area contributed by atoms with Gasteiger partial charge in [-0.25, -0.2) is 0 Å². The van der Waals surface area contributed by atoms with Crippen LogP contribution in [0.1, 0.15) is 40.5 Å². The lowest BCUT2D eigenvalue weighted by molar-refractivity contribution is 0.0608. The minimum Gasteiger partial charge on any atom is -0.274 e. The summed E-state index contributed by atoms with van der Waals surface area (Å²) in [5.41, 5.74) is 1.11. The van der Waals surface area contributed by atoms with Crippen LogP contribution in [-0.4, -0.2) is 23.3 Å². The lowest BCUT2D eigenvalue weighted by atomic mass is 9.94. The molecule has 0 saturated heterocycles. The van der Waals surface area contributed by atoms with Gasteiger partial charge in [-0.15, -0.1) is 0 Å². The molecule has 0 unspecified atom stereocenters. The Morgan fingerprint density at radius 1 is 1.10 bits per heavy atom. The summed E-state index contributed by atoms with van der Waals surface area (Å²) in [5, 5.41) is 2.07. The van der Waals surface area contributed by atoms with Crippen molar-refractivity contribution in [3.05, 3.63) is 46.5 Å². The fourth-order valence-corrected chi connectivity index (χ4v) is 2.87. The highest BCUT2D eigenvalue weighted by atomic mass is 35.5. The maximum Gasteiger partial charge on any atom is 0.261 e. The van der Waals surface area contributed by atoms with Crippen molar-refractivity contribution in [3.8, 4) is 0 Å². The number of benzene rings is 2. The SMILES string of the molecule is CCCCN1C(=O)c2cccc3cc(Cl)cc(c23)C1=O. The number of halogens is 1. The monoisotopic (exact) mass is 287 g/mol. The average Bonchev–Trinajstić information content (AvgIpc) is 2.44. The second-order valence-corrected chi connectivity index (χ2v) is 5.41. The van der Waals surface area contributed by atoms with Crippen LogP contribution >= 0.6 is 11.6 Å². The molecule has 0 bridgehead atoms. The third-order valence-electron chi connectivity index (χ3n) is 3.63. The zero-order valence-electron chi connectivity index (χ0n) is 11.1. The lowest BCUT2D eigenvalue weighted by Gasteiger charge is -2.27. The Hall–Kier alpha value is -1.87. The number of hydrogen-bond donors (Lipinski definition) is 0. The summed E-state index contributed by atoms with van der Waals surface area (Å²) in [6.07, 6.45) is 1.74. The highest BCUT2D eigenvalue weighted by molar-refractivity contribution is 6.33. The zero-order valence-corrected chi connectivity index (χ0v) is 11.9. The summed E-state index contributed by atoms with van der Waals surface area (Å²) >= 11 is 6.08. The Bertz CT molecular complexity index is 724. The van der Waals surface area contributed by atoms with Crippen LogP contribution in [0.25, 0.3) is 10.8 Å². The molecule has 4 heteroatoms. The van der Waals surface area contributed by atoms with Gasteiger partial charge in [0.25, 0.3) is 11.8 Å². The molecule has 3 nitrogen and oxygen atoms in total. The van der Waals surface area contributed by atoms with E-state index in [1.54, 1.807) is 18.2 Å². The van der Waals surface area contributed by atoms with Crippen LogP contribution < -0.4 is 0 Å². The van der Waals surface area contributed by atoms with Crippen molar-refractivity contribution >= 4 is 34.2 Å². The van der Waals surface area contributed by atoms with E-state index in [0.29, 0.717) is 22.7 Å². The summed E-state index contributed by atoms with van der Waals surface area (Å²) < 4.78 is 0. The van der Waals surface area contributed by atoms with E-state index in [1.165, 1.54) is 4.90 Å². The van der Waals surface area contributed by atoms with Gasteiger partial charge in [-0.05, 0) is 30.0 Å². The molecule has 0 radical (unpaired) electrons. The number of imide groups is 1. The van der Waals surface area contributed by atoms with Gasteiger partial charge in [0.2, 0.25) is 0 Å². The molecule has 2 aromatic rings. The number of carbonyl (C=O) groups excluding carboxylic acids is 2. The number of unbranched alkanes of at least 4 members (excludes halogenated alkanes) is 1. The first kappa shape index (κ1) is 13.1. The van der Waals surface area contributed by atoms with Crippen molar-refractivity contribution in [1.29, 1.82) is 0 Å². The van der Waals surface area contributed by atoms with Gasteiger partial charge in [-0.2, -0.15) is 0 Å². The normalized spacial score (nSPS) is 14.2. The van der Waals surface area contributed by atoms with Gasteiger partial charge in [0, 0.05) is 22.5 Å². The van der Waals surface area contributed by atoms with E-state index in [9.17, 15) is 9.59 Å². The second kappa shape index (κ2) is 4.91. The van der Waals surface area contributed by atoms with Crippen LogP contribution in [-0.2, 0) is 0 Å². The van der Waals surface area contributed by atoms with Crippen molar-refractivity contribution < 1.29 is 9.59 Å². The molecule has 0 saturated carbocycles. The fourth-order valence-electron chi connectivity index (χ4n) is 2.64. The maximum absolute atomic E-state index is 12.5. The molecule has 2 aromatic carbocycles. The average molecular weight is 288 g/mol. The van der Waals surface area contributed by atoms with Crippen LogP contribution in [0.5, 0.6) is 0 Å². The lowest BCUT2D eigenvalue weighted by Crippen LogP contribution is -2.40. The quantitative estimate of drug-likeness (QED) is 0.803. The van der Waals surface area contributed by atoms with E-state index in [0.717, 1.165) is 23.6 Å². The standard InChI is InChI=1S/C16H14ClNO2/c1-2-3-7-18-15(19)12-6-4-5-10-8-11(17)9-13(14(10)12)16(18)20/h4-6,8-9H,2-3,7H2,1H3. The van der Waals surface area contributed by atoms with Crippen LogP contribution in [0.3, 0.4) is 0 Å². The largest absolute Gasteiger partial charge is 0.274 e. The van der Waals surface area contributed by atoms with Gasteiger partial charge < -0.3 is 0 Å². The first-order valence-electron chi connectivity index (χ1n) is 6.72. The number of hydrogen-bond acceptors (Lipinski definition) is 2. The van der Waals surface area contributed by atoms with Crippen molar-refractivity contribution in [2.24, 2.45) is 0 Å². The topological polar surface area (TPSA) is 37.4 Å². The molecule has 0 aliphatic carbocycles. The summed E-state index contributed by atoms with van der Waals surface area (Å²) in [6.45, 7) is 2.49. The van der Waals surface area contributed by atoms with Crippen LogP contribution in [0, 0.1) is 0 Å². The molecule has 3 rings (SSSR count). The van der Waals surface area contributed by atoms with E-state index in [-0.39, 0.29) is 11.8 Å². The van der Waals surface area contributed by atoms with Crippen molar-refractivity contribution in [2.75, 3.05) is 6.54 Å². The molecule has 0 N–H and O–H groups in total. The minimum atomic E-state index is -0.241. The van der Waals surface area contributed by atoms with E-state index in [4.69, 9.17) is 11.6 Å². The number of amides is 2. The number of rotatable bonds is 3. The Labute approximate surface area is 122 Å². The van der Waals surface area contributed by atoms with E-state index < -0.39 is 0 Å². The van der Waals surface area contributed by atoms with Gasteiger partial charge in [0.15, 0.2) is 0 Å². The molecule has 0 fully saturated rings. The Balaban J connectivity index is 2.23. The van der Waals surface area contributed by atoms with Crippen LogP contribution in [0.15, 0.2) is 30.3 Å². The molecule has 102 valence electrons. The first-order valence-corrected chi connectivity index (χ1v) is 7.09. The van der Waals surface area contributed by atoms with Crippen molar-refractivity contribution in [3.63, 3.8) is 0 Å². The molecule has 0 atom stereocenters. The van der Waals surface area contributed by atoms with Crippen molar-refractivity contribution in [2.45, 2.75) is 19.8 Å². The fraction of sp³-hybridized carbons (Fsp3) is 0.250. The van der Waals surface area contributed by atoms with Gasteiger partial charge in [-0.3, -0.25) is 14.5 Å². The van der Waals surface area contributed by atoms with Gasteiger partial charge >= 0.3 is 0 Å². The third-order valence-corrected chi connectivity index (χ3v) is 3.85. The highest BCUT2D eigenvalue weighted by Crippen LogP contribution is 2.32. The molecule has 1 heterocycles. The van der Waals surface area contributed by atoms with Crippen LogP contribution in [0.4, 0.5) is 0 Å². The number of nitrogens with zero attached hydrogens (tertiary/aromatic N) is 1. The Kier molecular flexibility index (Phi) is 3.22. The van der Waals surface area contributed by atoms with E-state index >= 15 is 0 Å². The molecular weight excluding hydrogens is 274 g/mol. The molecule has 20 heavy (non-hydrogen) atoms. The molecule has 2 amide bonds. The zero-order chi connectivity index (χ0) is 14.3. The van der Waals surface area contributed by atoms with E-state index in [2.05, 4.69) is 0 Å². The smallest absolute Gasteiger partial charge is 0.261 e. The minimum absolute atomic E-state index is 0.205. The second-order valence-electron chi connectivity index (χ2n) is 4.97. The Morgan fingerprint density at radius 3 is 2.60 bits per heavy atom. The van der Waals surface area contributed by atoms with Crippen LogP contribution in [0.2, 0.25) is 5.02 Å². The molecule has 1 aliphatic rings. The van der Waals surface area contributed by atoms with Crippen molar-refractivity contribution in [1.82, 2.24) is 4.90 Å². The summed E-state index contributed by atoms with van der Waals surface area (Å²) in [6, 6.07) is 8.90. The third kappa shape index (κ3) is 1.90. The highest BCUT2D eigenvalue weighted by Gasteiger charge is 2.32. The van der Waals surface area contributed by atoms with Gasteiger partial charge in [-0.1, -0.05) is 37.1 Å². The summed E-state index contributed by atoms with van der Waals surface area (Å²) in [7, 11) is 0. The molecule has 0 aromatic heterocycles. The first-order chi connectivity index (χ1) is 9.63. The van der Waals surface area contributed by atoms with E-state index in [1.807, 2.05) is 19.1 Å². The van der Waals surface area contributed by atoms with Gasteiger partial charge in [0.1, 0.15) is 0 Å². The predicted molar refractivity (Wildman–Crippen MR) is 79.2 cm³/mol. The molecular formula is C16H14ClNO2. The predicted octanol–water partition coefficient (Wildman–Crippen LogP) is 3.89. The number of carbonyl (C=O) groups is 2. The Morgan fingerprint density at radius 2 is 1.85 bits per heavy atom. The molecule has 1 aliphatic heterocycles.